The van der Waals surface area contributed by atoms with E-state index >= 15 is 0 Å². The highest BCUT2D eigenvalue weighted by Gasteiger charge is 2.04. The third kappa shape index (κ3) is 3.61. The van der Waals surface area contributed by atoms with Crippen LogP contribution in [0.1, 0.15) is 18.7 Å². The van der Waals surface area contributed by atoms with Crippen LogP contribution in [0, 0.1) is 5.92 Å². The van der Waals surface area contributed by atoms with Gasteiger partial charge >= 0.3 is 0 Å². The van der Waals surface area contributed by atoms with Gasteiger partial charge in [-0.2, -0.15) is 0 Å². The minimum absolute atomic E-state index is 0.683. The van der Waals surface area contributed by atoms with Crippen LogP contribution in [0.4, 0.5) is 0 Å². The van der Waals surface area contributed by atoms with Gasteiger partial charge in [-0.1, -0.05) is 13.8 Å². The van der Waals surface area contributed by atoms with Crippen molar-refractivity contribution in [1.82, 2.24) is 15.3 Å². The van der Waals surface area contributed by atoms with Crippen molar-refractivity contribution in [2.24, 2.45) is 5.92 Å². The third-order valence-electron chi connectivity index (χ3n) is 2.33. The first-order chi connectivity index (χ1) is 8.25. The van der Waals surface area contributed by atoms with Gasteiger partial charge in [-0.3, -0.25) is 4.98 Å². The van der Waals surface area contributed by atoms with Crippen molar-refractivity contribution in [3.05, 3.63) is 35.6 Å². The van der Waals surface area contributed by atoms with Crippen molar-refractivity contribution in [3.63, 3.8) is 0 Å². The maximum Gasteiger partial charge on any atom is 0.123 e. The number of hydrogen-bond acceptors (Lipinski definition) is 4. The van der Waals surface area contributed by atoms with Crippen LogP contribution in [0.5, 0.6) is 0 Å². The fourth-order valence-electron chi connectivity index (χ4n) is 1.50. The molecule has 0 aliphatic heterocycles. The highest BCUT2D eigenvalue weighted by Crippen LogP contribution is 2.24. The van der Waals surface area contributed by atoms with Gasteiger partial charge < -0.3 is 5.32 Å². The van der Waals surface area contributed by atoms with Crippen molar-refractivity contribution >= 4 is 11.3 Å². The minimum atomic E-state index is 0.683. The first-order valence-corrected chi connectivity index (χ1v) is 6.63. The number of rotatable bonds is 5. The highest BCUT2D eigenvalue weighted by atomic mass is 32.1. The Hall–Kier alpha value is -1.26. The molecule has 3 nitrogen and oxygen atoms in total. The molecule has 0 aliphatic rings. The largest absolute Gasteiger partial charge is 0.312 e. The van der Waals surface area contributed by atoms with Gasteiger partial charge in [0.1, 0.15) is 5.01 Å². The van der Waals surface area contributed by atoms with Crippen molar-refractivity contribution < 1.29 is 0 Å². The molecule has 0 atom stereocenters. The average molecular weight is 247 g/mol. The average Bonchev–Trinajstić information content (AvgIpc) is 2.78. The van der Waals surface area contributed by atoms with E-state index in [0.29, 0.717) is 5.92 Å². The Labute approximate surface area is 106 Å². The predicted octanol–water partition coefficient (Wildman–Crippen LogP) is 2.95. The molecule has 0 spiro atoms. The van der Waals surface area contributed by atoms with E-state index in [4.69, 9.17) is 0 Å². The summed E-state index contributed by atoms with van der Waals surface area (Å²) in [7, 11) is 0. The molecular formula is C13H17N3S. The van der Waals surface area contributed by atoms with Crippen LogP contribution in [0.2, 0.25) is 0 Å². The van der Waals surface area contributed by atoms with E-state index in [0.717, 1.165) is 23.7 Å². The molecular weight excluding hydrogens is 230 g/mol. The Balaban J connectivity index is 1.97. The van der Waals surface area contributed by atoms with Gasteiger partial charge in [0, 0.05) is 35.6 Å². The fraction of sp³-hybridized carbons (Fsp3) is 0.385. The normalized spacial score (nSPS) is 11.0. The Kier molecular flexibility index (Phi) is 4.23. The quantitative estimate of drug-likeness (QED) is 0.882. The number of thiazole rings is 1. The summed E-state index contributed by atoms with van der Waals surface area (Å²) in [4.78, 5) is 9.72. The second kappa shape index (κ2) is 5.89. The van der Waals surface area contributed by atoms with Crippen molar-refractivity contribution in [3.8, 4) is 10.6 Å². The lowest BCUT2D eigenvalue weighted by Gasteiger charge is -2.04. The summed E-state index contributed by atoms with van der Waals surface area (Å²) in [5.74, 6) is 0.683. The van der Waals surface area contributed by atoms with Gasteiger partial charge in [-0.05, 0) is 24.6 Å². The second-order valence-electron chi connectivity index (χ2n) is 4.39. The van der Waals surface area contributed by atoms with E-state index in [2.05, 4.69) is 29.1 Å². The van der Waals surface area contributed by atoms with Crippen LogP contribution in [0.3, 0.4) is 0 Å². The van der Waals surface area contributed by atoms with Crippen LogP contribution in [0.25, 0.3) is 10.6 Å². The molecule has 90 valence electrons. The molecule has 2 aromatic rings. The second-order valence-corrected chi connectivity index (χ2v) is 5.51. The zero-order chi connectivity index (χ0) is 12.1. The lowest BCUT2D eigenvalue weighted by atomic mass is 10.2. The molecule has 0 amide bonds. The van der Waals surface area contributed by atoms with E-state index in [9.17, 15) is 0 Å². The number of nitrogens with zero attached hydrogens (tertiary/aromatic N) is 2. The summed E-state index contributed by atoms with van der Waals surface area (Å²) in [5, 5.41) is 4.49. The highest BCUT2D eigenvalue weighted by molar-refractivity contribution is 7.15. The maximum absolute atomic E-state index is 4.43. The number of hydrogen-bond donors (Lipinski definition) is 1. The summed E-state index contributed by atoms with van der Waals surface area (Å²) in [6, 6.07) is 3.98. The first-order valence-electron chi connectivity index (χ1n) is 5.81. The van der Waals surface area contributed by atoms with Crippen molar-refractivity contribution in [2.45, 2.75) is 20.4 Å². The molecule has 0 unspecified atom stereocenters. The zero-order valence-corrected chi connectivity index (χ0v) is 11.0. The summed E-state index contributed by atoms with van der Waals surface area (Å²) in [6.07, 6.45) is 5.55. The van der Waals surface area contributed by atoms with Crippen LogP contribution in [0.15, 0.2) is 30.7 Å². The topological polar surface area (TPSA) is 37.8 Å². The summed E-state index contributed by atoms with van der Waals surface area (Å²) < 4.78 is 0. The van der Waals surface area contributed by atoms with Crippen LogP contribution < -0.4 is 5.32 Å². The van der Waals surface area contributed by atoms with Gasteiger partial charge in [0.15, 0.2) is 0 Å². The van der Waals surface area contributed by atoms with Crippen LogP contribution >= 0.6 is 11.3 Å². The molecule has 0 saturated heterocycles. The molecule has 0 saturated carbocycles. The standard InChI is InChI=1S/C13H17N3S/c1-10(2)7-15-8-12-9-16-13(17-12)11-3-5-14-6-4-11/h3-6,9-10,15H,7-8H2,1-2H3. The van der Waals surface area contributed by atoms with Crippen molar-refractivity contribution in [1.29, 1.82) is 0 Å². The minimum Gasteiger partial charge on any atom is -0.312 e. The molecule has 0 bridgehead atoms. The predicted molar refractivity (Wildman–Crippen MR) is 71.9 cm³/mol. The molecule has 1 N–H and O–H groups in total. The molecule has 0 aromatic carbocycles. The van der Waals surface area contributed by atoms with E-state index < -0.39 is 0 Å². The summed E-state index contributed by atoms with van der Waals surface area (Å²) >= 11 is 1.74. The van der Waals surface area contributed by atoms with Crippen LogP contribution in [-0.4, -0.2) is 16.5 Å². The summed E-state index contributed by atoms with van der Waals surface area (Å²) in [6.45, 7) is 6.37. The third-order valence-corrected chi connectivity index (χ3v) is 3.38. The van der Waals surface area contributed by atoms with Crippen LogP contribution in [-0.2, 0) is 6.54 Å². The number of nitrogens with one attached hydrogen (secondary N) is 1. The summed E-state index contributed by atoms with van der Waals surface area (Å²) in [5.41, 5.74) is 1.14. The SMILES string of the molecule is CC(C)CNCc1cnc(-c2ccncc2)s1. The number of pyridine rings is 1. The smallest absolute Gasteiger partial charge is 0.123 e. The molecule has 2 aromatic heterocycles. The van der Waals surface area contributed by atoms with E-state index in [1.165, 1.54) is 4.88 Å². The first kappa shape index (κ1) is 12.2. The maximum atomic E-state index is 4.43. The molecule has 0 fully saturated rings. The van der Waals surface area contributed by atoms with E-state index in [1.807, 2.05) is 18.3 Å². The lowest BCUT2D eigenvalue weighted by Crippen LogP contribution is -2.18. The Morgan fingerprint density at radius 3 is 2.76 bits per heavy atom. The Morgan fingerprint density at radius 1 is 1.29 bits per heavy atom. The molecule has 4 heteroatoms. The van der Waals surface area contributed by atoms with E-state index in [1.54, 1.807) is 23.7 Å². The van der Waals surface area contributed by atoms with Gasteiger partial charge in [0.25, 0.3) is 0 Å². The van der Waals surface area contributed by atoms with Gasteiger partial charge in [0.05, 0.1) is 0 Å². The Morgan fingerprint density at radius 2 is 2.06 bits per heavy atom. The molecule has 17 heavy (non-hydrogen) atoms. The number of aromatic nitrogens is 2. The van der Waals surface area contributed by atoms with E-state index in [-0.39, 0.29) is 0 Å². The molecule has 0 radical (unpaired) electrons. The van der Waals surface area contributed by atoms with Gasteiger partial charge in [-0.15, -0.1) is 11.3 Å². The van der Waals surface area contributed by atoms with Gasteiger partial charge in [0.2, 0.25) is 0 Å². The molecule has 2 rings (SSSR count). The van der Waals surface area contributed by atoms with Gasteiger partial charge in [-0.25, -0.2) is 4.98 Å². The zero-order valence-electron chi connectivity index (χ0n) is 10.2. The Bertz CT molecular complexity index is 451. The molecule has 2 heterocycles. The van der Waals surface area contributed by atoms with Crippen molar-refractivity contribution in [2.75, 3.05) is 6.54 Å². The lowest BCUT2D eigenvalue weighted by molar-refractivity contribution is 0.554. The fourth-order valence-corrected chi connectivity index (χ4v) is 2.39. The monoisotopic (exact) mass is 247 g/mol. The molecule has 0 aliphatic carbocycles.